The fraction of sp³-hybridized carbons (Fsp3) is 0.550. The maximum Gasteiger partial charge on any atom is 0.224 e. The van der Waals surface area contributed by atoms with E-state index in [1.807, 2.05) is 24.1 Å². The van der Waals surface area contributed by atoms with Crippen molar-refractivity contribution >= 4 is 5.91 Å². The monoisotopic (exact) mass is 373 g/mol. The Morgan fingerprint density at radius 1 is 1.33 bits per heavy atom. The number of hydrogen-bond donors (Lipinski definition) is 0. The Morgan fingerprint density at radius 2 is 2.19 bits per heavy atom. The molecule has 1 aromatic carbocycles. The zero-order chi connectivity index (χ0) is 19.1. The highest BCUT2D eigenvalue weighted by molar-refractivity contribution is 5.75. The van der Waals surface area contributed by atoms with Crippen molar-refractivity contribution in [3.63, 3.8) is 0 Å². The highest BCUT2D eigenvalue weighted by Gasteiger charge is 2.22. The SMILES string of the molecule is CN(CC1CCCN(CCc2ccccc2F)C1)C(=O)CCn1cncn1. The number of halogens is 1. The standard InChI is InChI=1S/C20H28FN5O/c1-24(20(27)9-12-26-16-22-15-23-26)13-17-5-4-10-25(14-17)11-8-18-6-2-3-7-19(18)21/h2-3,6-7,15-17H,4-5,8-14H2,1H3. The number of aromatic nitrogens is 3. The zero-order valence-electron chi connectivity index (χ0n) is 15.9. The molecular formula is C20H28FN5O. The highest BCUT2D eigenvalue weighted by atomic mass is 19.1. The van der Waals surface area contributed by atoms with Crippen molar-refractivity contribution < 1.29 is 9.18 Å². The molecule has 146 valence electrons. The van der Waals surface area contributed by atoms with Gasteiger partial charge in [-0.1, -0.05) is 18.2 Å². The Kier molecular flexibility index (Phi) is 6.92. The molecule has 3 rings (SSSR count). The summed E-state index contributed by atoms with van der Waals surface area (Å²) in [5.74, 6) is 0.484. The number of carbonyl (C=O) groups is 1. The molecule has 1 atom stereocenters. The highest BCUT2D eigenvalue weighted by Crippen LogP contribution is 2.18. The molecule has 2 aromatic rings. The topological polar surface area (TPSA) is 54.3 Å². The summed E-state index contributed by atoms with van der Waals surface area (Å²) in [5, 5.41) is 4.03. The number of rotatable bonds is 8. The molecule has 6 nitrogen and oxygen atoms in total. The second kappa shape index (κ2) is 9.60. The van der Waals surface area contributed by atoms with Crippen molar-refractivity contribution in [1.82, 2.24) is 24.6 Å². The number of carbonyl (C=O) groups excluding carboxylic acids is 1. The van der Waals surface area contributed by atoms with Crippen molar-refractivity contribution in [2.45, 2.75) is 32.2 Å². The van der Waals surface area contributed by atoms with Gasteiger partial charge in [0, 0.05) is 33.1 Å². The number of hydrogen-bond acceptors (Lipinski definition) is 4. The van der Waals surface area contributed by atoms with Crippen molar-refractivity contribution in [3.05, 3.63) is 48.3 Å². The lowest BCUT2D eigenvalue weighted by atomic mass is 9.97. The Morgan fingerprint density at radius 3 is 2.96 bits per heavy atom. The Balaban J connectivity index is 1.42. The summed E-state index contributed by atoms with van der Waals surface area (Å²) in [6.45, 7) is 4.21. The third-order valence-electron chi connectivity index (χ3n) is 5.24. The minimum atomic E-state index is -0.122. The molecule has 1 aliphatic rings. The first-order valence-corrected chi connectivity index (χ1v) is 9.64. The molecule has 2 heterocycles. The predicted molar refractivity (Wildman–Crippen MR) is 102 cm³/mol. The molecule has 1 unspecified atom stereocenters. The van der Waals surface area contributed by atoms with Gasteiger partial charge in [-0.2, -0.15) is 5.10 Å². The van der Waals surface area contributed by atoms with Crippen LogP contribution in [0.1, 0.15) is 24.8 Å². The summed E-state index contributed by atoms with van der Waals surface area (Å²) in [5.41, 5.74) is 0.778. The normalized spacial score (nSPS) is 17.8. The first kappa shape index (κ1) is 19.5. The van der Waals surface area contributed by atoms with E-state index >= 15 is 0 Å². The van der Waals surface area contributed by atoms with Crippen LogP contribution in [0.25, 0.3) is 0 Å². The third-order valence-corrected chi connectivity index (χ3v) is 5.24. The fourth-order valence-corrected chi connectivity index (χ4v) is 3.72. The van der Waals surface area contributed by atoms with Crippen molar-refractivity contribution in [2.75, 3.05) is 33.2 Å². The van der Waals surface area contributed by atoms with Crippen LogP contribution in [0.2, 0.25) is 0 Å². The lowest BCUT2D eigenvalue weighted by Gasteiger charge is -2.34. The molecular weight excluding hydrogens is 345 g/mol. The minimum absolute atomic E-state index is 0.122. The van der Waals surface area contributed by atoms with Crippen LogP contribution >= 0.6 is 0 Å². The van der Waals surface area contributed by atoms with Crippen LogP contribution in [-0.2, 0) is 17.8 Å². The van der Waals surface area contributed by atoms with Crippen LogP contribution in [0.3, 0.4) is 0 Å². The lowest BCUT2D eigenvalue weighted by Crippen LogP contribution is -2.42. The van der Waals surface area contributed by atoms with Crippen LogP contribution in [0.15, 0.2) is 36.9 Å². The van der Waals surface area contributed by atoms with Gasteiger partial charge in [0.1, 0.15) is 18.5 Å². The molecule has 0 aliphatic carbocycles. The maximum atomic E-state index is 13.8. The first-order chi connectivity index (χ1) is 13.1. The summed E-state index contributed by atoms with van der Waals surface area (Å²) < 4.78 is 15.5. The van der Waals surface area contributed by atoms with E-state index in [0.717, 1.165) is 51.0 Å². The molecule has 0 bridgehead atoms. The second-order valence-electron chi connectivity index (χ2n) is 7.33. The number of aryl methyl sites for hydroxylation is 1. The van der Waals surface area contributed by atoms with Crippen molar-refractivity contribution in [2.24, 2.45) is 5.92 Å². The van der Waals surface area contributed by atoms with Crippen LogP contribution in [0.4, 0.5) is 4.39 Å². The van der Waals surface area contributed by atoms with Gasteiger partial charge in [0.05, 0.1) is 6.54 Å². The average Bonchev–Trinajstić information content (AvgIpc) is 3.19. The number of amides is 1. The molecule has 0 spiro atoms. The second-order valence-corrected chi connectivity index (χ2v) is 7.33. The van der Waals surface area contributed by atoms with E-state index in [-0.39, 0.29) is 11.7 Å². The molecule has 0 N–H and O–H groups in total. The average molecular weight is 373 g/mol. The minimum Gasteiger partial charge on any atom is -0.345 e. The third kappa shape index (κ3) is 5.85. The largest absolute Gasteiger partial charge is 0.345 e. The van der Waals surface area contributed by atoms with E-state index in [1.165, 1.54) is 12.4 Å². The van der Waals surface area contributed by atoms with Gasteiger partial charge >= 0.3 is 0 Å². The fourth-order valence-electron chi connectivity index (χ4n) is 3.72. The maximum absolute atomic E-state index is 13.8. The molecule has 7 heteroatoms. The van der Waals surface area contributed by atoms with Gasteiger partial charge < -0.3 is 9.80 Å². The molecule has 27 heavy (non-hydrogen) atoms. The van der Waals surface area contributed by atoms with Gasteiger partial charge in [0.15, 0.2) is 0 Å². The van der Waals surface area contributed by atoms with E-state index in [1.54, 1.807) is 17.1 Å². The van der Waals surface area contributed by atoms with Gasteiger partial charge in [-0.25, -0.2) is 9.37 Å². The van der Waals surface area contributed by atoms with Crippen molar-refractivity contribution in [3.8, 4) is 0 Å². The summed E-state index contributed by atoms with van der Waals surface area (Å²) in [4.78, 5) is 20.5. The number of nitrogens with zero attached hydrogens (tertiary/aromatic N) is 5. The number of benzene rings is 1. The molecule has 1 amide bonds. The van der Waals surface area contributed by atoms with E-state index in [9.17, 15) is 9.18 Å². The van der Waals surface area contributed by atoms with E-state index in [2.05, 4.69) is 15.0 Å². The van der Waals surface area contributed by atoms with Crippen LogP contribution in [0, 0.1) is 11.7 Å². The van der Waals surface area contributed by atoms with Crippen LogP contribution in [-0.4, -0.2) is 63.7 Å². The molecule has 1 aromatic heterocycles. The number of likely N-dealkylation sites (tertiary alicyclic amines) is 1. The Labute approximate surface area is 160 Å². The zero-order valence-corrected chi connectivity index (χ0v) is 15.9. The van der Waals surface area contributed by atoms with Crippen LogP contribution in [0.5, 0.6) is 0 Å². The smallest absolute Gasteiger partial charge is 0.224 e. The first-order valence-electron chi connectivity index (χ1n) is 9.64. The van der Waals surface area contributed by atoms with Gasteiger partial charge in [0.2, 0.25) is 5.91 Å². The van der Waals surface area contributed by atoms with E-state index in [0.29, 0.717) is 18.9 Å². The lowest BCUT2D eigenvalue weighted by molar-refractivity contribution is -0.131. The summed E-state index contributed by atoms with van der Waals surface area (Å²) in [6, 6.07) is 7.00. The molecule has 1 saturated heterocycles. The van der Waals surface area contributed by atoms with Gasteiger partial charge in [-0.15, -0.1) is 0 Å². The summed E-state index contributed by atoms with van der Waals surface area (Å²) >= 11 is 0. The number of piperidine rings is 1. The summed E-state index contributed by atoms with van der Waals surface area (Å²) in [7, 11) is 1.88. The molecule has 0 saturated carbocycles. The molecule has 1 fully saturated rings. The molecule has 0 radical (unpaired) electrons. The van der Waals surface area contributed by atoms with Gasteiger partial charge in [0.25, 0.3) is 0 Å². The van der Waals surface area contributed by atoms with E-state index < -0.39 is 0 Å². The molecule has 1 aliphatic heterocycles. The van der Waals surface area contributed by atoms with Crippen molar-refractivity contribution in [1.29, 1.82) is 0 Å². The van der Waals surface area contributed by atoms with E-state index in [4.69, 9.17) is 0 Å². The Hall–Kier alpha value is -2.28. The Bertz CT molecular complexity index is 721. The quantitative estimate of drug-likeness (QED) is 0.712. The van der Waals surface area contributed by atoms with Gasteiger partial charge in [-0.05, 0) is 43.4 Å². The van der Waals surface area contributed by atoms with Crippen LogP contribution < -0.4 is 0 Å². The summed E-state index contributed by atoms with van der Waals surface area (Å²) in [6.07, 6.45) is 6.53. The van der Waals surface area contributed by atoms with Gasteiger partial charge in [-0.3, -0.25) is 9.48 Å². The predicted octanol–water partition coefficient (Wildman–Crippen LogP) is 2.22.